The maximum atomic E-state index is 12.4. The maximum absolute atomic E-state index is 12.4. The number of hydrogen-bond donors (Lipinski definition) is 1. The molecule has 0 spiro atoms. The number of aromatic amines is 1. The second-order valence-corrected chi connectivity index (χ2v) is 6.72. The van der Waals surface area contributed by atoms with Gasteiger partial charge >= 0.3 is 5.69 Å². The first-order chi connectivity index (χ1) is 12.5. The first-order valence-corrected chi connectivity index (χ1v) is 9.03. The van der Waals surface area contributed by atoms with Crippen LogP contribution in [0.5, 0.6) is 5.75 Å². The topological polar surface area (TPSA) is 76.5 Å². The summed E-state index contributed by atoms with van der Waals surface area (Å²) in [5.74, 6) is 0.734. The molecule has 1 N–H and O–H groups in total. The SMILES string of the molecule is CCC(C)Oc1ccc(C=Nn2c(=O)[nH]c3ccccc3c2=O)cc1Br. The first-order valence-electron chi connectivity index (χ1n) is 8.24. The number of hydrogen-bond acceptors (Lipinski definition) is 4. The molecule has 1 heterocycles. The fraction of sp³-hybridized carbons (Fsp3) is 0.211. The second kappa shape index (κ2) is 7.70. The lowest BCUT2D eigenvalue weighted by molar-refractivity contribution is 0.216. The Morgan fingerprint density at radius 3 is 2.77 bits per heavy atom. The lowest BCUT2D eigenvalue weighted by Crippen LogP contribution is -2.32. The summed E-state index contributed by atoms with van der Waals surface area (Å²) >= 11 is 3.47. The van der Waals surface area contributed by atoms with Gasteiger partial charge in [0, 0.05) is 0 Å². The highest BCUT2D eigenvalue weighted by Crippen LogP contribution is 2.26. The third-order valence-corrected chi connectivity index (χ3v) is 4.58. The number of rotatable bonds is 5. The summed E-state index contributed by atoms with van der Waals surface area (Å²) in [6, 6.07) is 12.3. The molecule has 26 heavy (non-hydrogen) atoms. The molecule has 0 radical (unpaired) electrons. The molecule has 6 nitrogen and oxygen atoms in total. The van der Waals surface area contributed by atoms with Gasteiger partial charge in [-0.25, -0.2) is 4.79 Å². The lowest BCUT2D eigenvalue weighted by atomic mass is 10.2. The van der Waals surface area contributed by atoms with Gasteiger partial charge in [0.2, 0.25) is 0 Å². The van der Waals surface area contributed by atoms with Gasteiger partial charge in [-0.2, -0.15) is 5.10 Å². The van der Waals surface area contributed by atoms with E-state index in [1.54, 1.807) is 24.3 Å². The Kier molecular flexibility index (Phi) is 5.37. The van der Waals surface area contributed by atoms with Crippen LogP contribution in [-0.4, -0.2) is 22.0 Å². The van der Waals surface area contributed by atoms with Crippen molar-refractivity contribution in [3.05, 3.63) is 73.3 Å². The second-order valence-electron chi connectivity index (χ2n) is 5.86. The van der Waals surface area contributed by atoms with Gasteiger partial charge in [-0.05, 0) is 65.2 Å². The van der Waals surface area contributed by atoms with Crippen LogP contribution in [0.2, 0.25) is 0 Å². The van der Waals surface area contributed by atoms with Gasteiger partial charge in [0.25, 0.3) is 5.56 Å². The van der Waals surface area contributed by atoms with Gasteiger partial charge in [-0.3, -0.25) is 4.79 Å². The predicted molar refractivity (Wildman–Crippen MR) is 106 cm³/mol. The van der Waals surface area contributed by atoms with E-state index in [0.717, 1.165) is 26.9 Å². The van der Waals surface area contributed by atoms with E-state index in [2.05, 4.69) is 32.9 Å². The van der Waals surface area contributed by atoms with Crippen molar-refractivity contribution in [3.8, 4) is 5.75 Å². The van der Waals surface area contributed by atoms with E-state index in [9.17, 15) is 9.59 Å². The number of halogens is 1. The highest BCUT2D eigenvalue weighted by Gasteiger charge is 2.07. The molecule has 1 atom stereocenters. The average molecular weight is 416 g/mol. The smallest absolute Gasteiger partial charge is 0.349 e. The summed E-state index contributed by atoms with van der Waals surface area (Å²) in [6.45, 7) is 4.05. The maximum Gasteiger partial charge on any atom is 0.349 e. The summed E-state index contributed by atoms with van der Waals surface area (Å²) in [6.07, 6.45) is 2.48. The number of fused-ring (bicyclic) bond motifs is 1. The van der Waals surface area contributed by atoms with E-state index in [-0.39, 0.29) is 6.10 Å². The molecule has 0 saturated carbocycles. The van der Waals surface area contributed by atoms with Gasteiger partial charge in [0.15, 0.2) is 0 Å². The fourth-order valence-corrected chi connectivity index (χ4v) is 2.87. The highest BCUT2D eigenvalue weighted by atomic mass is 79.9. The summed E-state index contributed by atoms with van der Waals surface area (Å²) < 4.78 is 7.40. The molecule has 0 aliphatic carbocycles. The number of para-hydroxylation sites is 1. The van der Waals surface area contributed by atoms with Crippen LogP contribution in [0.3, 0.4) is 0 Å². The molecule has 0 bridgehead atoms. The van der Waals surface area contributed by atoms with Gasteiger partial charge in [0.05, 0.1) is 27.7 Å². The van der Waals surface area contributed by atoms with E-state index < -0.39 is 11.2 Å². The zero-order chi connectivity index (χ0) is 18.7. The van der Waals surface area contributed by atoms with E-state index in [4.69, 9.17) is 4.74 Å². The summed E-state index contributed by atoms with van der Waals surface area (Å²) in [5.41, 5.74) is 0.174. The van der Waals surface area contributed by atoms with Crippen LogP contribution in [0.4, 0.5) is 0 Å². The molecule has 134 valence electrons. The van der Waals surface area contributed by atoms with Crippen molar-refractivity contribution in [3.63, 3.8) is 0 Å². The highest BCUT2D eigenvalue weighted by molar-refractivity contribution is 9.10. The molecule has 0 fully saturated rings. The molecule has 3 rings (SSSR count). The van der Waals surface area contributed by atoms with Gasteiger partial charge in [-0.15, -0.1) is 4.68 Å². The van der Waals surface area contributed by atoms with Crippen LogP contribution >= 0.6 is 15.9 Å². The van der Waals surface area contributed by atoms with Gasteiger partial charge in [0.1, 0.15) is 5.75 Å². The number of H-pyrrole nitrogens is 1. The molecular formula is C19H18BrN3O3. The molecule has 0 amide bonds. The Labute approximate surface area is 158 Å². The third-order valence-electron chi connectivity index (χ3n) is 3.97. The lowest BCUT2D eigenvalue weighted by Gasteiger charge is -2.14. The Bertz CT molecular complexity index is 1090. The number of aromatic nitrogens is 2. The van der Waals surface area contributed by atoms with Gasteiger partial charge in [-0.1, -0.05) is 19.1 Å². The minimum absolute atomic E-state index is 0.112. The van der Waals surface area contributed by atoms with Crippen molar-refractivity contribution in [2.45, 2.75) is 26.4 Å². The van der Waals surface area contributed by atoms with E-state index in [1.807, 2.05) is 25.1 Å². The van der Waals surface area contributed by atoms with Crippen molar-refractivity contribution in [2.75, 3.05) is 0 Å². The number of ether oxygens (including phenoxy) is 1. The molecule has 3 aromatic rings. The van der Waals surface area contributed by atoms with E-state index in [1.165, 1.54) is 6.21 Å². The molecular weight excluding hydrogens is 398 g/mol. The number of nitrogens with zero attached hydrogens (tertiary/aromatic N) is 2. The zero-order valence-corrected chi connectivity index (χ0v) is 16.0. The Morgan fingerprint density at radius 1 is 1.27 bits per heavy atom. The molecule has 2 aromatic carbocycles. The Hall–Kier alpha value is -2.67. The van der Waals surface area contributed by atoms with Gasteiger partial charge < -0.3 is 9.72 Å². The normalized spacial score (nSPS) is 12.6. The van der Waals surface area contributed by atoms with Crippen LogP contribution in [0.1, 0.15) is 25.8 Å². The largest absolute Gasteiger partial charge is 0.490 e. The monoisotopic (exact) mass is 415 g/mol. The van der Waals surface area contributed by atoms with Crippen LogP contribution in [0.25, 0.3) is 10.9 Å². The quantitative estimate of drug-likeness (QED) is 0.647. The van der Waals surface area contributed by atoms with E-state index in [0.29, 0.717) is 10.9 Å². The molecule has 7 heteroatoms. The van der Waals surface area contributed by atoms with Crippen molar-refractivity contribution < 1.29 is 4.74 Å². The fourth-order valence-electron chi connectivity index (χ4n) is 2.38. The van der Waals surface area contributed by atoms with E-state index >= 15 is 0 Å². The average Bonchev–Trinajstić information content (AvgIpc) is 2.63. The standard InChI is InChI=1S/C19H18BrN3O3/c1-3-12(2)26-17-9-8-13(10-15(17)20)11-21-23-18(24)14-6-4-5-7-16(14)22-19(23)25/h4-12H,3H2,1-2H3,(H,22,25). The van der Waals surface area contributed by atoms with Crippen LogP contribution in [-0.2, 0) is 0 Å². The number of benzene rings is 2. The van der Waals surface area contributed by atoms with Crippen molar-refractivity contribution in [2.24, 2.45) is 5.10 Å². The molecule has 1 unspecified atom stereocenters. The van der Waals surface area contributed by atoms with Crippen LogP contribution in [0, 0.1) is 0 Å². The van der Waals surface area contributed by atoms with Crippen molar-refractivity contribution >= 4 is 33.0 Å². The Morgan fingerprint density at radius 2 is 2.04 bits per heavy atom. The Balaban J connectivity index is 1.93. The minimum atomic E-state index is -0.583. The van der Waals surface area contributed by atoms with Crippen LogP contribution in [0.15, 0.2) is 61.6 Å². The summed E-state index contributed by atoms with van der Waals surface area (Å²) in [7, 11) is 0. The predicted octanol–water partition coefficient (Wildman–Crippen LogP) is 3.51. The molecule has 0 saturated heterocycles. The van der Waals surface area contributed by atoms with Crippen LogP contribution < -0.4 is 16.0 Å². The molecule has 1 aromatic heterocycles. The number of nitrogens with one attached hydrogen (secondary N) is 1. The summed E-state index contributed by atoms with van der Waals surface area (Å²) in [5, 5.41) is 4.45. The minimum Gasteiger partial charge on any atom is -0.490 e. The van der Waals surface area contributed by atoms with Crippen molar-refractivity contribution in [1.82, 2.24) is 9.66 Å². The summed E-state index contributed by atoms with van der Waals surface area (Å²) in [4.78, 5) is 27.2. The molecule has 0 aliphatic heterocycles. The molecule has 0 aliphatic rings. The third kappa shape index (κ3) is 3.77. The first kappa shape index (κ1) is 18.1. The van der Waals surface area contributed by atoms with Crippen molar-refractivity contribution in [1.29, 1.82) is 0 Å². The zero-order valence-electron chi connectivity index (χ0n) is 14.4.